The van der Waals surface area contributed by atoms with Gasteiger partial charge in [-0.3, -0.25) is 0 Å². The SMILES string of the molecule is COc1ccc2c(c1)C1C=CCC1C(c1c(C)cc(C)cc1C)N2. The molecule has 2 nitrogen and oxygen atoms in total. The topological polar surface area (TPSA) is 21.3 Å². The van der Waals surface area contributed by atoms with E-state index in [0.29, 0.717) is 17.9 Å². The van der Waals surface area contributed by atoms with Crippen molar-refractivity contribution in [2.24, 2.45) is 5.92 Å². The molecule has 2 aromatic carbocycles. The highest BCUT2D eigenvalue weighted by molar-refractivity contribution is 5.62. The van der Waals surface area contributed by atoms with Gasteiger partial charge in [-0.15, -0.1) is 0 Å². The van der Waals surface area contributed by atoms with Crippen LogP contribution < -0.4 is 10.1 Å². The van der Waals surface area contributed by atoms with E-state index in [1.165, 1.54) is 33.5 Å². The maximum absolute atomic E-state index is 5.44. The Bertz CT molecular complexity index is 798. The Balaban J connectivity index is 1.82. The zero-order valence-corrected chi connectivity index (χ0v) is 14.9. The number of anilines is 1. The quantitative estimate of drug-likeness (QED) is 0.743. The average molecular weight is 319 g/mol. The molecule has 1 aliphatic carbocycles. The molecule has 1 aliphatic heterocycles. The summed E-state index contributed by atoms with van der Waals surface area (Å²) in [5.74, 6) is 1.99. The van der Waals surface area contributed by atoms with Gasteiger partial charge in [0, 0.05) is 11.6 Å². The maximum Gasteiger partial charge on any atom is 0.119 e. The van der Waals surface area contributed by atoms with Crippen molar-refractivity contribution < 1.29 is 4.74 Å². The first-order valence-corrected chi connectivity index (χ1v) is 8.77. The molecule has 0 saturated carbocycles. The van der Waals surface area contributed by atoms with Gasteiger partial charge in [-0.2, -0.15) is 0 Å². The van der Waals surface area contributed by atoms with E-state index in [4.69, 9.17) is 4.74 Å². The predicted molar refractivity (Wildman–Crippen MR) is 100.0 cm³/mol. The van der Waals surface area contributed by atoms with E-state index in [1.54, 1.807) is 7.11 Å². The van der Waals surface area contributed by atoms with Gasteiger partial charge in [-0.1, -0.05) is 29.8 Å². The van der Waals surface area contributed by atoms with Crippen molar-refractivity contribution in [2.75, 3.05) is 12.4 Å². The van der Waals surface area contributed by atoms with E-state index >= 15 is 0 Å². The second-order valence-corrected chi connectivity index (χ2v) is 7.24. The van der Waals surface area contributed by atoms with Crippen molar-refractivity contribution in [3.63, 3.8) is 0 Å². The lowest BCUT2D eigenvalue weighted by atomic mass is 9.75. The van der Waals surface area contributed by atoms with Gasteiger partial charge in [-0.05, 0) is 73.6 Å². The fourth-order valence-electron chi connectivity index (χ4n) is 4.67. The van der Waals surface area contributed by atoms with Crippen molar-refractivity contribution in [3.8, 4) is 5.75 Å². The molecule has 4 rings (SSSR count). The fraction of sp³-hybridized carbons (Fsp3) is 0.364. The fourth-order valence-corrected chi connectivity index (χ4v) is 4.67. The van der Waals surface area contributed by atoms with E-state index in [2.05, 4.69) is 68.6 Å². The van der Waals surface area contributed by atoms with Crippen LogP contribution in [-0.4, -0.2) is 7.11 Å². The number of nitrogens with one attached hydrogen (secondary N) is 1. The molecule has 0 spiro atoms. The third-order valence-electron chi connectivity index (χ3n) is 5.62. The molecule has 0 radical (unpaired) electrons. The van der Waals surface area contributed by atoms with Crippen LogP contribution in [0.4, 0.5) is 5.69 Å². The molecular formula is C22H25NO. The van der Waals surface area contributed by atoms with Gasteiger partial charge in [0.15, 0.2) is 0 Å². The van der Waals surface area contributed by atoms with Crippen molar-refractivity contribution >= 4 is 5.69 Å². The lowest BCUT2D eigenvalue weighted by Gasteiger charge is -2.39. The highest BCUT2D eigenvalue weighted by atomic mass is 16.5. The number of ether oxygens (including phenoxy) is 1. The summed E-state index contributed by atoms with van der Waals surface area (Å²) in [5, 5.41) is 3.84. The number of hydrogen-bond acceptors (Lipinski definition) is 2. The summed E-state index contributed by atoms with van der Waals surface area (Å²) in [6, 6.07) is 11.4. The number of benzene rings is 2. The number of rotatable bonds is 2. The van der Waals surface area contributed by atoms with Crippen molar-refractivity contribution in [2.45, 2.75) is 39.2 Å². The Morgan fingerprint density at radius 2 is 1.79 bits per heavy atom. The second-order valence-electron chi connectivity index (χ2n) is 7.24. The molecule has 2 heteroatoms. The van der Waals surface area contributed by atoms with Crippen LogP contribution in [0.1, 0.15) is 46.2 Å². The molecule has 24 heavy (non-hydrogen) atoms. The van der Waals surface area contributed by atoms with Gasteiger partial charge >= 0.3 is 0 Å². The highest BCUT2D eigenvalue weighted by Crippen LogP contribution is 2.51. The van der Waals surface area contributed by atoms with Crippen LogP contribution >= 0.6 is 0 Å². The maximum atomic E-state index is 5.44. The first kappa shape index (κ1) is 15.3. The summed E-state index contributed by atoms with van der Waals surface area (Å²) in [7, 11) is 1.74. The zero-order valence-electron chi connectivity index (χ0n) is 14.9. The zero-order chi connectivity index (χ0) is 16.8. The number of fused-ring (bicyclic) bond motifs is 3. The minimum Gasteiger partial charge on any atom is -0.497 e. The molecule has 3 atom stereocenters. The van der Waals surface area contributed by atoms with Crippen LogP contribution in [0.2, 0.25) is 0 Å². The van der Waals surface area contributed by atoms with Gasteiger partial charge in [-0.25, -0.2) is 0 Å². The van der Waals surface area contributed by atoms with Crippen LogP contribution in [0, 0.1) is 26.7 Å². The standard InChI is InChI=1S/C22H25NO/c1-13-10-14(2)21(15(3)11-13)22-18-7-5-6-17(18)19-12-16(24-4)8-9-20(19)23-22/h5-6,8-12,17-18,22-23H,7H2,1-4H3. The summed E-state index contributed by atoms with van der Waals surface area (Å²) in [4.78, 5) is 0. The third kappa shape index (κ3) is 2.32. The Hall–Kier alpha value is -2.22. The Morgan fingerprint density at radius 1 is 1.04 bits per heavy atom. The molecule has 1 heterocycles. The van der Waals surface area contributed by atoms with Gasteiger partial charge in [0.1, 0.15) is 5.75 Å². The molecule has 2 aliphatic rings. The predicted octanol–water partition coefficient (Wildman–Crippen LogP) is 5.45. The van der Waals surface area contributed by atoms with Crippen LogP contribution in [-0.2, 0) is 0 Å². The molecular weight excluding hydrogens is 294 g/mol. The number of methoxy groups -OCH3 is 1. The van der Waals surface area contributed by atoms with Crippen LogP contribution in [0.15, 0.2) is 42.5 Å². The van der Waals surface area contributed by atoms with Gasteiger partial charge in [0.2, 0.25) is 0 Å². The van der Waals surface area contributed by atoms with Crippen LogP contribution in [0.25, 0.3) is 0 Å². The average Bonchev–Trinajstić information content (AvgIpc) is 3.03. The molecule has 0 bridgehead atoms. The second kappa shape index (κ2) is 5.70. The normalized spacial score (nSPS) is 24.2. The summed E-state index contributed by atoms with van der Waals surface area (Å²) in [6.45, 7) is 6.68. The van der Waals surface area contributed by atoms with Crippen LogP contribution in [0.5, 0.6) is 5.75 Å². The lowest BCUT2D eigenvalue weighted by Crippen LogP contribution is -2.30. The summed E-state index contributed by atoms with van der Waals surface area (Å²) in [5.41, 5.74) is 8.22. The van der Waals surface area contributed by atoms with Crippen LogP contribution in [0.3, 0.4) is 0 Å². The Kier molecular flexibility index (Phi) is 3.64. The largest absolute Gasteiger partial charge is 0.497 e. The molecule has 1 N–H and O–H groups in total. The summed E-state index contributed by atoms with van der Waals surface area (Å²) >= 11 is 0. The molecule has 0 saturated heterocycles. The van der Waals surface area contributed by atoms with Crippen molar-refractivity contribution in [3.05, 3.63) is 70.3 Å². The Morgan fingerprint density at radius 3 is 2.50 bits per heavy atom. The molecule has 124 valence electrons. The monoisotopic (exact) mass is 319 g/mol. The molecule has 0 aromatic heterocycles. The summed E-state index contributed by atoms with van der Waals surface area (Å²) in [6.07, 6.45) is 5.86. The lowest BCUT2D eigenvalue weighted by molar-refractivity contribution is 0.405. The van der Waals surface area contributed by atoms with Gasteiger partial charge in [0.05, 0.1) is 13.2 Å². The number of hydrogen-bond donors (Lipinski definition) is 1. The number of allylic oxidation sites excluding steroid dienone is 2. The molecule has 0 fully saturated rings. The van der Waals surface area contributed by atoms with Crippen molar-refractivity contribution in [1.29, 1.82) is 0 Å². The minimum absolute atomic E-state index is 0.367. The minimum atomic E-state index is 0.367. The van der Waals surface area contributed by atoms with E-state index in [-0.39, 0.29) is 0 Å². The van der Waals surface area contributed by atoms with E-state index in [0.717, 1.165) is 12.2 Å². The van der Waals surface area contributed by atoms with E-state index < -0.39 is 0 Å². The van der Waals surface area contributed by atoms with Gasteiger partial charge < -0.3 is 10.1 Å². The molecule has 0 amide bonds. The van der Waals surface area contributed by atoms with E-state index in [9.17, 15) is 0 Å². The van der Waals surface area contributed by atoms with Crippen molar-refractivity contribution in [1.82, 2.24) is 0 Å². The number of aryl methyl sites for hydroxylation is 3. The third-order valence-corrected chi connectivity index (χ3v) is 5.62. The highest BCUT2D eigenvalue weighted by Gasteiger charge is 2.39. The Labute approximate surface area is 144 Å². The smallest absolute Gasteiger partial charge is 0.119 e. The first-order chi connectivity index (χ1) is 11.6. The first-order valence-electron chi connectivity index (χ1n) is 8.77. The summed E-state index contributed by atoms with van der Waals surface area (Å²) < 4.78 is 5.44. The molecule has 3 unspecified atom stereocenters. The van der Waals surface area contributed by atoms with Gasteiger partial charge in [0.25, 0.3) is 0 Å². The van der Waals surface area contributed by atoms with E-state index in [1.807, 2.05) is 0 Å². The molecule has 2 aromatic rings.